The van der Waals surface area contributed by atoms with E-state index in [4.69, 9.17) is 0 Å². The standard InChI is InChI=1S/11C12H26/c1-9(2)11(5)7-8-12(6)10(3)4;1-6-11(4)8-7-9-12(5)10(2)3;1-6-11(4)12(5)9-7-8-10(2)3;2*1-6-12(11(4)5)9-7-8-10(2)3;1-6-7-11(4)8-9-12(5)10(2)3;1-6-12(7-2)9-8-11(5)10(3)4;1-5-8-12(4)10-7-9-11(3)6-2;2*1-5-8-12(6-2)10-7-9-11(3)4;1-5-11(4)9-8-10-12(6-2)7-3/h9-12H,7-8H2,1-6H3;6*10-12H,6-9H2,1-5H3;4*11-12H,5-10H2,1-4H3. The molecule has 0 spiro atoms. The molecule has 0 heteroatoms. The summed E-state index contributed by atoms with van der Waals surface area (Å²) < 4.78 is 0. The highest BCUT2D eigenvalue weighted by atomic mass is 14.2. The van der Waals surface area contributed by atoms with Crippen LogP contribution in [-0.4, -0.2) is 0 Å². The summed E-state index contributed by atoms with van der Waals surface area (Å²) in [5.41, 5.74) is 0. The van der Waals surface area contributed by atoms with Crippen molar-refractivity contribution >= 4 is 0 Å². The van der Waals surface area contributed by atoms with E-state index in [-0.39, 0.29) is 0 Å². The summed E-state index contributed by atoms with van der Waals surface area (Å²) in [5.74, 6) is 27.5. The molecule has 16 atom stereocenters. The second kappa shape index (κ2) is 113. The van der Waals surface area contributed by atoms with Gasteiger partial charge >= 0.3 is 0 Å². The molecule has 0 aliphatic carbocycles. The molecule has 0 aliphatic heterocycles. The van der Waals surface area contributed by atoms with E-state index < -0.39 is 0 Å². The summed E-state index contributed by atoms with van der Waals surface area (Å²) in [6.45, 7) is 121. The van der Waals surface area contributed by atoms with E-state index in [1.807, 2.05) is 0 Å². The molecule has 0 saturated carbocycles. The van der Waals surface area contributed by atoms with Crippen LogP contribution in [0.15, 0.2) is 0 Å². The third kappa shape index (κ3) is 126. The van der Waals surface area contributed by atoms with E-state index >= 15 is 0 Å². The number of hydrogen-bond donors (Lipinski definition) is 0. The van der Waals surface area contributed by atoms with Crippen molar-refractivity contribution in [3.05, 3.63) is 0 Å². The molecule has 0 aromatic heterocycles. The van der Waals surface area contributed by atoms with Crippen LogP contribution < -0.4 is 0 Å². The van der Waals surface area contributed by atoms with Gasteiger partial charge in [0, 0.05) is 0 Å². The molecule has 0 heterocycles. The summed E-state index contributed by atoms with van der Waals surface area (Å²) in [7, 11) is 0. The molecule has 0 radical (unpaired) electrons. The van der Waals surface area contributed by atoms with Crippen molar-refractivity contribution in [2.45, 2.75) is 681 Å². The maximum Gasteiger partial charge on any atom is -0.0394 e. The maximum atomic E-state index is 2.40. The first-order valence-electron chi connectivity index (χ1n) is 61.8. The number of rotatable bonds is 69. The Labute approximate surface area is 853 Å². The van der Waals surface area contributed by atoms with Gasteiger partial charge in [0.15, 0.2) is 0 Å². The van der Waals surface area contributed by atoms with Crippen LogP contribution in [0.2, 0.25) is 0 Å². The first-order valence-corrected chi connectivity index (χ1v) is 61.8. The van der Waals surface area contributed by atoms with Crippen molar-refractivity contribution in [3.63, 3.8) is 0 Å². The quantitative estimate of drug-likeness (QED) is 0.0569. The highest BCUT2D eigenvalue weighted by Crippen LogP contribution is 2.31. The zero-order chi connectivity index (χ0) is 105. The fourth-order valence-corrected chi connectivity index (χ4v) is 17.6. The van der Waals surface area contributed by atoms with Crippen molar-refractivity contribution in [3.8, 4) is 0 Å². The predicted molar refractivity (Wildman–Crippen MR) is 631 cm³/mol. The van der Waals surface area contributed by atoms with Gasteiger partial charge in [0.2, 0.25) is 0 Å². The Balaban J connectivity index is -0.000000136. The molecule has 0 amide bonds. The van der Waals surface area contributed by atoms with Crippen molar-refractivity contribution in [2.75, 3.05) is 0 Å². The van der Waals surface area contributed by atoms with Gasteiger partial charge in [0.25, 0.3) is 0 Å². The first-order chi connectivity index (χ1) is 61.8. The Hall–Kier alpha value is 0. The second-order valence-electron chi connectivity index (χ2n) is 50.3. The average molecular weight is 1870 g/mol. The lowest BCUT2D eigenvalue weighted by atomic mass is 9.86. The van der Waals surface area contributed by atoms with Gasteiger partial charge in [0.05, 0.1) is 0 Å². The molecule has 132 heavy (non-hydrogen) atoms. The van der Waals surface area contributed by atoms with Crippen molar-refractivity contribution in [2.24, 2.45) is 178 Å². The minimum atomic E-state index is 0.851. The number of hydrogen-bond acceptors (Lipinski definition) is 0. The molecule has 0 aliphatic rings. The second-order valence-corrected chi connectivity index (χ2v) is 50.3. The molecular formula is C132H286. The minimum Gasteiger partial charge on any atom is -0.0654 e. The molecule has 0 rings (SSSR count). The highest BCUT2D eigenvalue weighted by molar-refractivity contribution is 4.70. The fourth-order valence-electron chi connectivity index (χ4n) is 17.6. The normalized spacial score (nSPS) is 15.1. The van der Waals surface area contributed by atoms with Crippen LogP contribution in [0.3, 0.4) is 0 Å². The molecule has 0 N–H and O–H groups in total. The molecular weight excluding hydrogens is 1590 g/mol. The van der Waals surface area contributed by atoms with Crippen LogP contribution in [0.1, 0.15) is 681 Å². The van der Waals surface area contributed by atoms with Gasteiger partial charge in [-0.15, -0.1) is 0 Å². The van der Waals surface area contributed by atoms with E-state index in [0.717, 1.165) is 178 Å². The van der Waals surface area contributed by atoms with E-state index in [0.29, 0.717) is 0 Å². The van der Waals surface area contributed by atoms with E-state index in [1.165, 1.54) is 321 Å². The third-order valence-electron chi connectivity index (χ3n) is 33.0. The van der Waals surface area contributed by atoms with Gasteiger partial charge < -0.3 is 0 Å². The Bertz CT molecular complexity index is 1850. The lowest BCUT2D eigenvalue weighted by Crippen LogP contribution is -2.09. The molecule has 0 aromatic rings. The Morgan fingerprint density at radius 1 is 0.114 bits per heavy atom. The van der Waals surface area contributed by atoms with Crippen molar-refractivity contribution in [1.82, 2.24) is 0 Å². The molecule has 814 valence electrons. The Kier molecular flexibility index (Phi) is 132. The fraction of sp³-hybridized carbons (Fsp3) is 1.00. The van der Waals surface area contributed by atoms with Crippen LogP contribution in [-0.2, 0) is 0 Å². The topological polar surface area (TPSA) is 0 Å². The summed E-state index contributed by atoms with van der Waals surface area (Å²) in [4.78, 5) is 0. The molecule has 16 unspecified atom stereocenters. The van der Waals surface area contributed by atoms with Crippen LogP contribution in [0.25, 0.3) is 0 Å². The van der Waals surface area contributed by atoms with E-state index in [9.17, 15) is 0 Å². The third-order valence-corrected chi connectivity index (χ3v) is 33.0. The van der Waals surface area contributed by atoms with Crippen molar-refractivity contribution in [1.29, 1.82) is 0 Å². The van der Waals surface area contributed by atoms with E-state index in [1.54, 1.807) is 0 Å². The largest absolute Gasteiger partial charge is 0.0654 e. The SMILES string of the molecule is CC(C)C(C)CCC(C)C(C)C.CCC(C)C(C)CCCC(C)C.CCC(C)CCCC(C)C(C)C.CCC(C)CCCC(CC)CC.CCC(CC)CCC(C)C(C)C.CCC(CCCC(C)C)C(C)C.CCC(CCCC(C)C)C(C)C.CCCC(C)CCC(C)C(C)C.CCCC(C)CCCC(C)CC.CCCC(CC)CCCC(C)C.CCCC(CC)CCCC(C)C. The van der Waals surface area contributed by atoms with Crippen LogP contribution >= 0.6 is 0 Å². The molecule has 0 aromatic carbocycles. The molecule has 0 bridgehead atoms. The van der Waals surface area contributed by atoms with Crippen LogP contribution in [0, 0.1) is 178 Å². The summed E-state index contributed by atoms with van der Waals surface area (Å²) in [5, 5.41) is 0. The lowest BCUT2D eigenvalue weighted by molar-refractivity contribution is 0.312. The van der Waals surface area contributed by atoms with Gasteiger partial charge in [-0.1, -0.05) is 681 Å². The lowest BCUT2D eigenvalue weighted by Gasteiger charge is -2.20. The Morgan fingerprint density at radius 3 is 0.561 bits per heavy atom. The van der Waals surface area contributed by atoms with Gasteiger partial charge in [-0.3, -0.25) is 0 Å². The minimum absolute atomic E-state index is 0.851. The smallest absolute Gasteiger partial charge is 0.0394 e. The monoisotopic (exact) mass is 1870 g/mol. The summed E-state index contributed by atoms with van der Waals surface area (Å²) >= 11 is 0. The average Bonchev–Trinajstić information content (AvgIpc) is 0.979. The van der Waals surface area contributed by atoms with Gasteiger partial charge in [-0.2, -0.15) is 0 Å². The summed E-state index contributed by atoms with van der Waals surface area (Å²) in [6, 6.07) is 0. The Morgan fingerprint density at radius 2 is 0.318 bits per heavy atom. The van der Waals surface area contributed by atoms with Gasteiger partial charge in [0.1, 0.15) is 0 Å². The van der Waals surface area contributed by atoms with E-state index in [2.05, 4.69) is 360 Å². The van der Waals surface area contributed by atoms with Gasteiger partial charge in [-0.05, 0) is 178 Å². The zero-order valence-electron chi connectivity index (χ0n) is 105. The molecule has 0 fully saturated rings. The molecule has 0 saturated heterocycles. The first kappa shape index (κ1) is 155. The van der Waals surface area contributed by atoms with Crippen LogP contribution in [0.4, 0.5) is 0 Å². The summed E-state index contributed by atoms with van der Waals surface area (Å²) in [6.07, 6.45) is 70.3. The van der Waals surface area contributed by atoms with Crippen LogP contribution in [0.5, 0.6) is 0 Å². The maximum absolute atomic E-state index is 2.40. The molecule has 0 nitrogen and oxygen atoms in total. The predicted octanol–water partition coefficient (Wildman–Crippen LogP) is 49.9. The highest BCUT2D eigenvalue weighted by Gasteiger charge is 2.18. The zero-order valence-corrected chi connectivity index (χ0v) is 105. The van der Waals surface area contributed by atoms with Gasteiger partial charge in [-0.25, -0.2) is 0 Å². The van der Waals surface area contributed by atoms with Crippen molar-refractivity contribution < 1.29 is 0 Å².